The molecular formula is C15H23ClO. The van der Waals surface area contributed by atoms with Crippen LogP contribution in [0.25, 0.3) is 0 Å². The smallest absolute Gasteiger partial charge is 0.0585 e. The third-order valence-corrected chi connectivity index (χ3v) is 3.54. The maximum Gasteiger partial charge on any atom is 0.0585 e. The first kappa shape index (κ1) is 14.5. The van der Waals surface area contributed by atoms with Crippen LogP contribution in [0.4, 0.5) is 0 Å². The highest BCUT2D eigenvalue weighted by atomic mass is 35.5. The van der Waals surface area contributed by atoms with Gasteiger partial charge in [0.05, 0.1) is 6.10 Å². The van der Waals surface area contributed by atoms with Crippen molar-refractivity contribution in [2.24, 2.45) is 5.41 Å². The van der Waals surface area contributed by atoms with Gasteiger partial charge in [0.1, 0.15) is 0 Å². The molecule has 0 heterocycles. The Hall–Kier alpha value is -0.530. The standard InChI is InChI=1S/C15H23ClO/c1-11(7-8-16)5-6-14-12(2)9-13(17)10-15(14,3)4/h5-7,13,17H,8-10H2,1-4H3/b6-5+,11-7+. The monoisotopic (exact) mass is 254 g/mol. The lowest BCUT2D eigenvalue weighted by Gasteiger charge is -2.35. The molecule has 0 saturated heterocycles. The molecule has 1 aliphatic rings. The minimum atomic E-state index is -0.193. The van der Waals surface area contributed by atoms with Crippen molar-refractivity contribution in [3.8, 4) is 0 Å². The van der Waals surface area contributed by atoms with Crippen LogP contribution in [0.15, 0.2) is 34.9 Å². The lowest BCUT2D eigenvalue weighted by atomic mass is 9.71. The minimum absolute atomic E-state index is 0.0551. The van der Waals surface area contributed by atoms with Gasteiger partial charge in [-0.05, 0) is 37.7 Å². The van der Waals surface area contributed by atoms with Crippen LogP contribution < -0.4 is 0 Å². The summed E-state index contributed by atoms with van der Waals surface area (Å²) < 4.78 is 0. The Morgan fingerprint density at radius 2 is 2.18 bits per heavy atom. The highest BCUT2D eigenvalue weighted by Crippen LogP contribution is 2.40. The van der Waals surface area contributed by atoms with Crippen LogP contribution in [0.1, 0.15) is 40.5 Å². The van der Waals surface area contributed by atoms with Crippen LogP contribution in [0.5, 0.6) is 0 Å². The van der Waals surface area contributed by atoms with Crippen LogP contribution in [-0.4, -0.2) is 17.1 Å². The highest BCUT2D eigenvalue weighted by Gasteiger charge is 2.31. The third kappa shape index (κ3) is 4.01. The fourth-order valence-electron chi connectivity index (χ4n) is 2.58. The molecular weight excluding hydrogens is 232 g/mol. The Morgan fingerprint density at radius 1 is 1.53 bits per heavy atom. The van der Waals surface area contributed by atoms with Gasteiger partial charge in [-0.3, -0.25) is 0 Å². The molecule has 2 heteroatoms. The minimum Gasteiger partial charge on any atom is -0.393 e. The summed E-state index contributed by atoms with van der Waals surface area (Å²) in [5.41, 5.74) is 3.88. The lowest BCUT2D eigenvalue weighted by Crippen LogP contribution is -2.28. The van der Waals surface area contributed by atoms with Gasteiger partial charge in [-0.15, -0.1) is 11.6 Å². The number of halogens is 1. The molecule has 0 fully saturated rings. The van der Waals surface area contributed by atoms with Gasteiger partial charge in [-0.1, -0.05) is 43.2 Å². The first-order valence-corrected chi connectivity index (χ1v) is 6.69. The van der Waals surface area contributed by atoms with E-state index in [2.05, 4.69) is 39.8 Å². The van der Waals surface area contributed by atoms with Crippen molar-refractivity contribution < 1.29 is 5.11 Å². The molecule has 0 bridgehead atoms. The molecule has 96 valence electrons. The number of aliphatic hydroxyl groups excluding tert-OH is 1. The zero-order chi connectivity index (χ0) is 13.1. The van der Waals surface area contributed by atoms with E-state index in [0.717, 1.165) is 12.8 Å². The quantitative estimate of drug-likeness (QED) is 0.590. The fourth-order valence-corrected chi connectivity index (χ4v) is 2.83. The third-order valence-electron chi connectivity index (χ3n) is 3.39. The van der Waals surface area contributed by atoms with Crippen molar-refractivity contribution in [3.63, 3.8) is 0 Å². The molecule has 1 unspecified atom stereocenters. The molecule has 0 aromatic rings. The predicted octanol–water partition coefficient (Wildman–Crippen LogP) is 4.23. The Labute approximate surface area is 110 Å². The Balaban J connectivity index is 2.95. The molecule has 1 nitrogen and oxygen atoms in total. The molecule has 1 N–H and O–H groups in total. The van der Waals surface area contributed by atoms with E-state index in [1.54, 1.807) is 0 Å². The maximum absolute atomic E-state index is 9.81. The van der Waals surface area contributed by atoms with Gasteiger partial charge in [0.15, 0.2) is 0 Å². The molecule has 1 rings (SSSR count). The number of aliphatic hydroxyl groups is 1. The van der Waals surface area contributed by atoms with Gasteiger partial charge in [0.25, 0.3) is 0 Å². The van der Waals surface area contributed by atoms with Crippen LogP contribution >= 0.6 is 11.6 Å². The molecule has 0 aromatic heterocycles. The van der Waals surface area contributed by atoms with E-state index in [0.29, 0.717) is 5.88 Å². The molecule has 1 aliphatic carbocycles. The van der Waals surface area contributed by atoms with E-state index in [1.165, 1.54) is 16.7 Å². The SMILES string of the molecule is CC1=C(/C=C/C(C)=C/CCl)C(C)(C)CC(O)C1. The normalized spacial score (nSPS) is 25.8. The fraction of sp³-hybridized carbons (Fsp3) is 0.600. The van der Waals surface area contributed by atoms with Gasteiger partial charge in [0, 0.05) is 5.88 Å². The average Bonchev–Trinajstić information content (AvgIpc) is 2.14. The van der Waals surface area contributed by atoms with Crippen LogP contribution in [0, 0.1) is 5.41 Å². The molecule has 1 atom stereocenters. The van der Waals surface area contributed by atoms with Crippen molar-refractivity contribution in [1.82, 2.24) is 0 Å². The number of rotatable bonds is 3. The first-order chi connectivity index (χ1) is 7.86. The molecule has 0 aromatic carbocycles. The summed E-state index contributed by atoms with van der Waals surface area (Å²) in [7, 11) is 0. The lowest BCUT2D eigenvalue weighted by molar-refractivity contribution is 0.116. The molecule has 0 amide bonds. The van der Waals surface area contributed by atoms with Gasteiger partial charge in [-0.2, -0.15) is 0 Å². The van der Waals surface area contributed by atoms with E-state index in [9.17, 15) is 5.11 Å². The van der Waals surface area contributed by atoms with Gasteiger partial charge in [-0.25, -0.2) is 0 Å². The van der Waals surface area contributed by atoms with E-state index < -0.39 is 0 Å². The zero-order valence-electron chi connectivity index (χ0n) is 11.3. The summed E-state index contributed by atoms with van der Waals surface area (Å²) >= 11 is 5.67. The number of hydrogen-bond donors (Lipinski definition) is 1. The molecule has 17 heavy (non-hydrogen) atoms. The second-order valence-electron chi connectivity index (χ2n) is 5.58. The molecule has 0 radical (unpaired) electrons. The van der Waals surface area contributed by atoms with Gasteiger partial charge < -0.3 is 5.11 Å². The topological polar surface area (TPSA) is 20.2 Å². The molecule has 0 aliphatic heterocycles. The second kappa shape index (κ2) is 5.88. The van der Waals surface area contributed by atoms with Gasteiger partial charge in [0.2, 0.25) is 0 Å². The molecule has 0 spiro atoms. The van der Waals surface area contributed by atoms with E-state index in [1.807, 2.05) is 6.08 Å². The Bertz CT molecular complexity index is 361. The number of allylic oxidation sites excluding steroid dienone is 5. The van der Waals surface area contributed by atoms with Crippen molar-refractivity contribution in [1.29, 1.82) is 0 Å². The predicted molar refractivity (Wildman–Crippen MR) is 75.3 cm³/mol. The largest absolute Gasteiger partial charge is 0.393 e. The maximum atomic E-state index is 9.81. The van der Waals surface area contributed by atoms with Crippen molar-refractivity contribution in [3.05, 3.63) is 34.9 Å². The van der Waals surface area contributed by atoms with Crippen molar-refractivity contribution >= 4 is 11.6 Å². The van der Waals surface area contributed by atoms with Crippen molar-refractivity contribution in [2.45, 2.75) is 46.6 Å². The number of alkyl halides is 1. The van der Waals surface area contributed by atoms with E-state index in [-0.39, 0.29) is 11.5 Å². The Morgan fingerprint density at radius 3 is 2.71 bits per heavy atom. The van der Waals surface area contributed by atoms with E-state index >= 15 is 0 Å². The summed E-state index contributed by atoms with van der Waals surface area (Å²) in [6, 6.07) is 0. The van der Waals surface area contributed by atoms with Crippen LogP contribution in [-0.2, 0) is 0 Å². The average molecular weight is 255 g/mol. The zero-order valence-corrected chi connectivity index (χ0v) is 12.0. The summed E-state index contributed by atoms with van der Waals surface area (Å²) in [6.45, 7) is 8.56. The van der Waals surface area contributed by atoms with E-state index in [4.69, 9.17) is 11.6 Å². The number of hydrogen-bond acceptors (Lipinski definition) is 1. The summed E-state index contributed by atoms with van der Waals surface area (Å²) in [5.74, 6) is 0.552. The van der Waals surface area contributed by atoms with Crippen LogP contribution in [0.3, 0.4) is 0 Å². The first-order valence-electron chi connectivity index (χ1n) is 6.16. The highest BCUT2D eigenvalue weighted by molar-refractivity contribution is 6.18. The summed E-state index contributed by atoms with van der Waals surface area (Å²) in [6.07, 6.45) is 7.73. The Kier molecular flexibility index (Phi) is 5.03. The van der Waals surface area contributed by atoms with Crippen LogP contribution in [0.2, 0.25) is 0 Å². The van der Waals surface area contributed by atoms with Crippen molar-refractivity contribution in [2.75, 3.05) is 5.88 Å². The molecule has 0 saturated carbocycles. The second-order valence-corrected chi connectivity index (χ2v) is 5.88. The van der Waals surface area contributed by atoms with Gasteiger partial charge >= 0.3 is 0 Å². The summed E-state index contributed by atoms with van der Waals surface area (Å²) in [4.78, 5) is 0. The summed E-state index contributed by atoms with van der Waals surface area (Å²) in [5, 5.41) is 9.81.